The summed E-state index contributed by atoms with van der Waals surface area (Å²) in [5.74, 6) is -1.36. The molecule has 0 aliphatic carbocycles. The molecule has 0 aliphatic heterocycles. The second-order valence-electron chi connectivity index (χ2n) is 3.46. The predicted octanol–water partition coefficient (Wildman–Crippen LogP) is 1.60. The van der Waals surface area contributed by atoms with E-state index in [0.29, 0.717) is 25.1 Å². The van der Waals surface area contributed by atoms with Crippen molar-refractivity contribution < 1.29 is 14.3 Å². The lowest BCUT2D eigenvalue weighted by Gasteiger charge is -2.05. The molecule has 0 spiro atoms. The second-order valence-corrected chi connectivity index (χ2v) is 3.46. The molecular weight excluding hydrogens is 211 g/mol. The van der Waals surface area contributed by atoms with Crippen LogP contribution in [0, 0.1) is 5.82 Å². The zero-order valence-electron chi connectivity index (χ0n) is 8.87. The highest BCUT2D eigenvalue weighted by Gasteiger charge is 2.05. The van der Waals surface area contributed by atoms with Crippen molar-refractivity contribution in [3.8, 4) is 5.75 Å². The molecule has 0 saturated heterocycles. The molecule has 5 heteroatoms. The van der Waals surface area contributed by atoms with E-state index >= 15 is 0 Å². The van der Waals surface area contributed by atoms with Crippen LogP contribution in [0.2, 0.25) is 0 Å². The number of carbonyl (C=O) groups is 1. The Kier molecular flexibility index (Phi) is 4.72. The standard InChI is InChI=1S/C11H15FN2O2/c12-9-7-8(4-5-10(9)15)14-11(16)3-1-2-6-13/h4-5,7,15H,1-3,6,13H2,(H,14,16). The molecule has 0 aromatic heterocycles. The van der Waals surface area contributed by atoms with Gasteiger partial charge in [-0.15, -0.1) is 0 Å². The summed E-state index contributed by atoms with van der Waals surface area (Å²) in [5, 5.41) is 11.5. The van der Waals surface area contributed by atoms with Gasteiger partial charge in [0.1, 0.15) is 0 Å². The van der Waals surface area contributed by atoms with Gasteiger partial charge in [0.25, 0.3) is 0 Å². The highest BCUT2D eigenvalue weighted by molar-refractivity contribution is 5.90. The van der Waals surface area contributed by atoms with Gasteiger partial charge in [-0.1, -0.05) is 0 Å². The Morgan fingerprint density at radius 3 is 2.81 bits per heavy atom. The fraction of sp³-hybridized carbons (Fsp3) is 0.364. The van der Waals surface area contributed by atoms with Crippen molar-refractivity contribution in [3.05, 3.63) is 24.0 Å². The zero-order valence-corrected chi connectivity index (χ0v) is 8.87. The van der Waals surface area contributed by atoms with E-state index in [2.05, 4.69) is 5.32 Å². The van der Waals surface area contributed by atoms with E-state index in [4.69, 9.17) is 10.8 Å². The normalized spacial score (nSPS) is 10.1. The van der Waals surface area contributed by atoms with E-state index < -0.39 is 11.6 Å². The lowest BCUT2D eigenvalue weighted by atomic mass is 10.2. The van der Waals surface area contributed by atoms with Crippen molar-refractivity contribution in [3.63, 3.8) is 0 Å². The van der Waals surface area contributed by atoms with Crippen LogP contribution >= 0.6 is 0 Å². The number of hydrogen-bond acceptors (Lipinski definition) is 3. The van der Waals surface area contributed by atoms with Crippen molar-refractivity contribution in [2.75, 3.05) is 11.9 Å². The van der Waals surface area contributed by atoms with Crippen LogP contribution in [-0.4, -0.2) is 17.6 Å². The Bertz CT molecular complexity index is 369. The molecule has 0 saturated carbocycles. The molecule has 16 heavy (non-hydrogen) atoms. The summed E-state index contributed by atoms with van der Waals surface area (Å²) in [6, 6.07) is 3.72. The number of nitrogens with two attached hydrogens (primary N) is 1. The number of amides is 1. The molecule has 4 nitrogen and oxygen atoms in total. The van der Waals surface area contributed by atoms with Gasteiger partial charge in [0.15, 0.2) is 11.6 Å². The topological polar surface area (TPSA) is 75.4 Å². The molecule has 88 valence electrons. The van der Waals surface area contributed by atoms with Crippen molar-refractivity contribution in [1.29, 1.82) is 0 Å². The molecule has 1 rings (SSSR count). The van der Waals surface area contributed by atoms with E-state index in [1.807, 2.05) is 0 Å². The number of unbranched alkanes of at least 4 members (excludes halogenated alkanes) is 1. The first-order valence-corrected chi connectivity index (χ1v) is 5.12. The smallest absolute Gasteiger partial charge is 0.224 e. The molecule has 0 bridgehead atoms. The van der Waals surface area contributed by atoms with Gasteiger partial charge in [-0.2, -0.15) is 0 Å². The van der Waals surface area contributed by atoms with Crippen LogP contribution in [0.15, 0.2) is 18.2 Å². The summed E-state index contributed by atoms with van der Waals surface area (Å²) < 4.78 is 12.9. The maximum absolute atomic E-state index is 12.9. The number of anilines is 1. The number of nitrogens with one attached hydrogen (secondary N) is 1. The van der Waals surface area contributed by atoms with Crippen molar-refractivity contribution in [2.45, 2.75) is 19.3 Å². The summed E-state index contributed by atoms with van der Waals surface area (Å²) >= 11 is 0. The average molecular weight is 226 g/mol. The number of benzene rings is 1. The predicted molar refractivity (Wildman–Crippen MR) is 59.6 cm³/mol. The lowest BCUT2D eigenvalue weighted by molar-refractivity contribution is -0.116. The Labute approximate surface area is 93.3 Å². The SMILES string of the molecule is NCCCCC(=O)Nc1ccc(O)c(F)c1. The van der Waals surface area contributed by atoms with E-state index in [1.54, 1.807) is 0 Å². The number of rotatable bonds is 5. The Morgan fingerprint density at radius 1 is 1.44 bits per heavy atom. The first-order chi connectivity index (χ1) is 7.63. The number of hydrogen-bond donors (Lipinski definition) is 3. The third-order valence-electron chi connectivity index (χ3n) is 2.09. The summed E-state index contributed by atoms with van der Waals surface area (Å²) in [5.41, 5.74) is 5.64. The van der Waals surface area contributed by atoms with E-state index in [9.17, 15) is 9.18 Å². The van der Waals surface area contributed by atoms with Crippen molar-refractivity contribution in [1.82, 2.24) is 0 Å². The van der Waals surface area contributed by atoms with Gasteiger partial charge < -0.3 is 16.2 Å². The van der Waals surface area contributed by atoms with Crippen LogP contribution in [0.5, 0.6) is 5.75 Å². The lowest BCUT2D eigenvalue weighted by Crippen LogP contribution is -2.12. The molecule has 0 radical (unpaired) electrons. The highest BCUT2D eigenvalue weighted by atomic mass is 19.1. The summed E-state index contributed by atoms with van der Waals surface area (Å²) in [7, 11) is 0. The third-order valence-corrected chi connectivity index (χ3v) is 2.09. The molecule has 0 aliphatic rings. The van der Waals surface area contributed by atoms with Crippen LogP contribution in [0.3, 0.4) is 0 Å². The molecule has 1 aromatic carbocycles. The Balaban J connectivity index is 2.46. The van der Waals surface area contributed by atoms with Crippen LogP contribution in [0.4, 0.5) is 10.1 Å². The minimum Gasteiger partial charge on any atom is -0.505 e. The van der Waals surface area contributed by atoms with Crippen molar-refractivity contribution in [2.24, 2.45) is 5.73 Å². The highest BCUT2D eigenvalue weighted by Crippen LogP contribution is 2.19. The van der Waals surface area contributed by atoms with Gasteiger partial charge in [-0.05, 0) is 31.5 Å². The number of aromatic hydroxyl groups is 1. The van der Waals surface area contributed by atoms with Crippen LogP contribution in [0.25, 0.3) is 0 Å². The number of carbonyl (C=O) groups excluding carboxylic acids is 1. The first-order valence-electron chi connectivity index (χ1n) is 5.12. The van der Waals surface area contributed by atoms with Gasteiger partial charge in [0, 0.05) is 18.2 Å². The number of halogens is 1. The summed E-state index contributed by atoms with van der Waals surface area (Å²) in [6.07, 6.45) is 1.86. The molecule has 0 unspecified atom stereocenters. The monoisotopic (exact) mass is 226 g/mol. The Hall–Kier alpha value is -1.62. The van der Waals surface area contributed by atoms with Crippen LogP contribution < -0.4 is 11.1 Å². The van der Waals surface area contributed by atoms with E-state index in [1.165, 1.54) is 12.1 Å². The third kappa shape index (κ3) is 3.86. The molecule has 0 atom stereocenters. The first kappa shape index (κ1) is 12.4. The molecular formula is C11H15FN2O2. The molecule has 1 aromatic rings. The van der Waals surface area contributed by atoms with Crippen molar-refractivity contribution >= 4 is 11.6 Å². The van der Waals surface area contributed by atoms with Gasteiger partial charge >= 0.3 is 0 Å². The maximum atomic E-state index is 12.9. The van der Waals surface area contributed by atoms with Crippen LogP contribution in [0.1, 0.15) is 19.3 Å². The minimum atomic E-state index is -0.750. The second kappa shape index (κ2) is 6.07. The average Bonchev–Trinajstić information content (AvgIpc) is 2.24. The molecule has 1 amide bonds. The molecule has 4 N–H and O–H groups in total. The summed E-state index contributed by atoms with van der Waals surface area (Å²) in [4.78, 5) is 11.3. The fourth-order valence-corrected chi connectivity index (χ4v) is 1.24. The number of phenolic OH excluding ortho intramolecular Hbond substituents is 1. The largest absolute Gasteiger partial charge is 0.505 e. The fourth-order valence-electron chi connectivity index (χ4n) is 1.24. The van der Waals surface area contributed by atoms with Gasteiger partial charge in [0.2, 0.25) is 5.91 Å². The van der Waals surface area contributed by atoms with E-state index in [-0.39, 0.29) is 5.91 Å². The Morgan fingerprint density at radius 2 is 2.19 bits per heavy atom. The van der Waals surface area contributed by atoms with Gasteiger partial charge in [0.05, 0.1) is 0 Å². The summed E-state index contributed by atoms with van der Waals surface area (Å²) in [6.45, 7) is 0.557. The number of phenols is 1. The quantitative estimate of drug-likeness (QED) is 0.527. The van der Waals surface area contributed by atoms with Crippen LogP contribution in [-0.2, 0) is 4.79 Å². The van der Waals surface area contributed by atoms with Gasteiger partial charge in [-0.25, -0.2) is 4.39 Å². The molecule has 0 fully saturated rings. The maximum Gasteiger partial charge on any atom is 0.224 e. The molecule has 0 heterocycles. The van der Waals surface area contributed by atoms with Gasteiger partial charge in [-0.3, -0.25) is 4.79 Å². The zero-order chi connectivity index (χ0) is 12.0. The minimum absolute atomic E-state index is 0.182. The van der Waals surface area contributed by atoms with E-state index in [0.717, 1.165) is 12.5 Å².